The Hall–Kier alpha value is -2.17. The van der Waals surface area contributed by atoms with Crippen molar-refractivity contribution in [2.24, 2.45) is 0 Å². The van der Waals surface area contributed by atoms with Crippen LogP contribution < -0.4 is 5.73 Å². The maximum absolute atomic E-state index is 12.7. The van der Waals surface area contributed by atoms with Crippen molar-refractivity contribution in [3.8, 4) is 0 Å². The highest BCUT2D eigenvalue weighted by atomic mass is 16.1. The quantitative estimate of drug-likeness (QED) is 0.827. The van der Waals surface area contributed by atoms with E-state index in [0.717, 1.165) is 24.4 Å². The summed E-state index contributed by atoms with van der Waals surface area (Å²) in [6.45, 7) is 6.72. The summed E-state index contributed by atoms with van der Waals surface area (Å²) >= 11 is 0. The summed E-state index contributed by atoms with van der Waals surface area (Å²) in [5.74, 6) is 0.850. The molecule has 1 aromatic heterocycles. The lowest BCUT2D eigenvalue weighted by molar-refractivity contribution is -0.123. The van der Waals surface area contributed by atoms with Crippen molar-refractivity contribution in [3.63, 3.8) is 0 Å². The number of nitrogens with two attached hydrogens (primary N) is 1. The van der Waals surface area contributed by atoms with E-state index < -0.39 is 5.41 Å². The summed E-state index contributed by atoms with van der Waals surface area (Å²) in [7, 11) is 0. The maximum Gasteiger partial charge on any atom is 0.150 e. The topological polar surface area (TPSA) is 73.8 Å². The number of nitrogens with zero attached hydrogens (tertiary/aromatic N) is 3. The Bertz CT molecular complexity index is 613. The Balaban J connectivity index is 2.18. The Labute approximate surface area is 125 Å². The number of Topliss-reactive ketones (excluding diaryl/α,β-unsaturated/α-hetero) is 1. The van der Waals surface area contributed by atoms with E-state index in [1.165, 1.54) is 6.33 Å². The van der Waals surface area contributed by atoms with Gasteiger partial charge >= 0.3 is 0 Å². The highest BCUT2D eigenvalue weighted by Gasteiger charge is 2.30. The van der Waals surface area contributed by atoms with Crippen molar-refractivity contribution in [3.05, 3.63) is 42.0 Å². The van der Waals surface area contributed by atoms with Gasteiger partial charge in [0, 0.05) is 17.6 Å². The van der Waals surface area contributed by atoms with Crippen LogP contribution in [0.1, 0.15) is 38.6 Å². The minimum Gasteiger partial charge on any atom is -0.399 e. The van der Waals surface area contributed by atoms with Gasteiger partial charge in [-0.25, -0.2) is 9.67 Å². The molecular formula is C16H22N4O. The first-order valence-corrected chi connectivity index (χ1v) is 7.21. The van der Waals surface area contributed by atoms with E-state index in [1.807, 2.05) is 38.1 Å². The van der Waals surface area contributed by atoms with E-state index in [4.69, 9.17) is 5.73 Å². The van der Waals surface area contributed by atoms with Gasteiger partial charge in [0.1, 0.15) is 17.9 Å². The smallest absolute Gasteiger partial charge is 0.150 e. The maximum atomic E-state index is 12.7. The average Bonchev–Trinajstić information content (AvgIpc) is 2.87. The Kier molecular flexibility index (Phi) is 4.40. The highest BCUT2D eigenvalue weighted by Crippen LogP contribution is 2.26. The second kappa shape index (κ2) is 6.08. The van der Waals surface area contributed by atoms with Crippen LogP contribution in [-0.4, -0.2) is 20.5 Å². The number of carbonyl (C=O) groups is 1. The summed E-state index contributed by atoms with van der Waals surface area (Å²) in [5.41, 5.74) is 6.79. The first-order valence-electron chi connectivity index (χ1n) is 7.21. The van der Waals surface area contributed by atoms with Crippen molar-refractivity contribution in [2.75, 3.05) is 5.73 Å². The summed E-state index contributed by atoms with van der Waals surface area (Å²) in [4.78, 5) is 16.9. The molecule has 0 bridgehead atoms. The van der Waals surface area contributed by atoms with Gasteiger partial charge in [-0.3, -0.25) is 4.79 Å². The minimum atomic E-state index is -0.573. The molecule has 0 atom stereocenters. The van der Waals surface area contributed by atoms with Crippen LogP contribution in [0, 0.1) is 0 Å². The third-order valence-electron chi connectivity index (χ3n) is 3.78. The van der Waals surface area contributed by atoms with Gasteiger partial charge in [0.25, 0.3) is 0 Å². The van der Waals surface area contributed by atoms with Crippen molar-refractivity contribution >= 4 is 11.5 Å². The molecular weight excluding hydrogens is 264 g/mol. The van der Waals surface area contributed by atoms with E-state index in [0.29, 0.717) is 5.69 Å². The first kappa shape index (κ1) is 15.2. The van der Waals surface area contributed by atoms with Crippen LogP contribution >= 0.6 is 0 Å². The summed E-state index contributed by atoms with van der Waals surface area (Å²) in [6.07, 6.45) is 2.76. The van der Waals surface area contributed by atoms with Crippen LogP contribution in [0.15, 0.2) is 30.6 Å². The van der Waals surface area contributed by atoms with E-state index in [9.17, 15) is 4.79 Å². The van der Waals surface area contributed by atoms with Gasteiger partial charge in [-0.2, -0.15) is 5.10 Å². The van der Waals surface area contributed by atoms with Crippen molar-refractivity contribution in [1.82, 2.24) is 14.8 Å². The molecule has 0 amide bonds. The number of ketones is 1. The third-order valence-corrected chi connectivity index (χ3v) is 3.78. The SMILES string of the molecule is CCCn1ncnc1CC(=O)C(C)(C)c1ccc(N)cc1. The van der Waals surface area contributed by atoms with E-state index in [-0.39, 0.29) is 12.2 Å². The van der Waals surface area contributed by atoms with Crippen LogP contribution in [-0.2, 0) is 23.2 Å². The fourth-order valence-electron chi connectivity index (χ4n) is 2.25. The molecule has 0 radical (unpaired) electrons. The molecule has 1 aromatic carbocycles. The van der Waals surface area contributed by atoms with Crippen LogP contribution in [0.25, 0.3) is 0 Å². The number of hydrogen-bond donors (Lipinski definition) is 1. The molecule has 5 heteroatoms. The molecule has 2 rings (SSSR count). The van der Waals surface area contributed by atoms with E-state index in [2.05, 4.69) is 17.0 Å². The molecule has 0 spiro atoms. The molecule has 21 heavy (non-hydrogen) atoms. The van der Waals surface area contributed by atoms with Crippen LogP contribution in [0.5, 0.6) is 0 Å². The minimum absolute atomic E-state index is 0.123. The Morgan fingerprint density at radius 2 is 1.95 bits per heavy atom. The standard InChI is InChI=1S/C16H22N4O/c1-4-9-20-15(18-11-19-20)10-14(21)16(2,3)12-5-7-13(17)8-6-12/h5-8,11H,4,9-10,17H2,1-3H3. The van der Waals surface area contributed by atoms with Gasteiger partial charge in [-0.15, -0.1) is 0 Å². The Morgan fingerprint density at radius 1 is 1.29 bits per heavy atom. The van der Waals surface area contributed by atoms with Gasteiger partial charge in [0.2, 0.25) is 0 Å². The van der Waals surface area contributed by atoms with E-state index >= 15 is 0 Å². The van der Waals surface area contributed by atoms with Crippen molar-refractivity contribution < 1.29 is 4.79 Å². The lowest BCUT2D eigenvalue weighted by Crippen LogP contribution is -2.31. The van der Waals surface area contributed by atoms with Gasteiger partial charge < -0.3 is 5.73 Å². The molecule has 2 N–H and O–H groups in total. The molecule has 0 unspecified atom stereocenters. The molecule has 5 nitrogen and oxygen atoms in total. The number of nitrogen functional groups attached to an aromatic ring is 1. The number of aryl methyl sites for hydroxylation is 1. The molecule has 2 aromatic rings. The summed E-state index contributed by atoms with van der Waals surface area (Å²) in [6, 6.07) is 7.46. The highest BCUT2D eigenvalue weighted by molar-refractivity contribution is 5.90. The number of carbonyl (C=O) groups excluding carboxylic acids is 1. The molecule has 0 fully saturated rings. The zero-order valence-corrected chi connectivity index (χ0v) is 12.8. The lowest BCUT2D eigenvalue weighted by atomic mass is 9.79. The molecule has 0 saturated heterocycles. The van der Waals surface area contributed by atoms with Gasteiger partial charge in [0.15, 0.2) is 0 Å². The molecule has 0 saturated carbocycles. The van der Waals surface area contributed by atoms with Crippen LogP contribution in [0.4, 0.5) is 5.69 Å². The fourth-order valence-corrected chi connectivity index (χ4v) is 2.25. The molecule has 112 valence electrons. The van der Waals surface area contributed by atoms with Crippen LogP contribution in [0.3, 0.4) is 0 Å². The predicted molar refractivity (Wildman–Crippen MR) is 82.9 cm³/mol. The normalized spacial score (nSPS) is 11.6. The second-order valence-corrected chi connectivity index (χ2v) is 5.75. The zero-order chi connectivity index (χ0) is 15.5. The number of anilines is 1. The van der Waals surface area contributed by atoms with Gasteiger partial charge in [-0.1, -0.05) is 19.1 Å². The average molecular weight is 286 g/mol. The first-order chi connectivity index (χ1) is 9.95. The molecule has 0 aliphatic carbocycles. The number of aromatic nitrogens is 3. The van der Waals surface area contributed by atoms with Gasteiger partial charge in [-0.05, 0) is 38.0 Å². The molecule has 0 aliphatic rings. The van der Waals surface area contributed by atoms with E-state index in [1.54, 1.807) is 4.68 Å². The largest absolute Gasteiger partial charge is 0.399 e. The number of benzene rings is 1. The Morgan fingerprint density at radius 3 is 2.57 bits per heavy atom. The summed E-state index contributed by atoms with van der Waals surface area (Å²) < 4.78 is 1.80. The molecule has 0 aliphatic heterocycles. The lowest BCUT2D eigenvalue weighted by Gasteiger charge is -2.23. The zero-order valence-electron chi connectivity index (χ0n) is 12.8. The van der Waals surface area contributed by atoms with Gasteiger partial charge in [0.05, 0.1) is 6.42 Å². The van der Waals surface area contributed by atoms with Crippen molar-refractivity contribution in [2.45, 2.75) is 45.6 Å². The predicted octanol–water partition coefficient (Wildman–Crippen LogP) is 2.36. The second-order valence-electron chi connectivity index (χ2n) is 5.75. The third kappa shape index (κ3) is 3.29. The van der Waals surface area contributed by atoms with Crippen molar-refractivity contribution in [1.29, 1.82) is 0 Å². The molecule has 1 heterocycles. The fraction of sp³-hybridized carbons (Fsp3) is 0.438. The summed E-state index contributed by atoms with van der Waals surface area (Å²) in [5, 5.41) is 4.16. The number of rotatable bonds is 6. The number of hydrogen-bond acceptors (Lipinski definition) is 4. The monoisotopic (exact) mass is 286 g/mol. The van der Waals surface area contributed by atoms with Crippen LogP contribution in [0.2, 0.25) is 0 Å².